The summed E-state index contributed by atoms with van der Waals surface area (Å²) < 4.78 is 27.5. The standard InChI is InChI=1S/C17H16F2O/c18-14-6-3-7-15(19)16(14)17(20)13-9-8-11-4-1-2-5-12(11)10-13/h3,6-10,17,20H,1-2,4-5H2. The zero-order chi connectivity index (χ0) is 14.1. The van der Waals surface area contributed by atoms with Crippen molar-refractivity contribution in [2.24, 2.45) is 0 Å². The van der Waals surface area contributed by atoms with E-state index in [-0.39, 0.29) is 5.56 Å². The molecule has 0 saturated carbocycles. The lowest BCUT2D eigenvalue weighted by atomic mass is 9.88. The van der Waals surface area contributed by atoms with E-state index in [1.54, 1.807) is 6.07 Å². The van der Waals surface area contributed by atoms with Crippen molar-refractivity contribution >= 4 is 0 Å². The van der Waals surface area contributed by atoms with Gasteiger partial charge in [0, 0.05) is 0 Å². The number of rotatable bonds is 2. The van der Waals surface area contributed by atoms with E-state index in [2.05, 4.69) is 0 Å². The molecule has 2 aromatic carbocycles. The van der Waals surface area contributed by atoms with Crippen LogP contribution in [0.1, 0.15) is 41.2 Å². The Morgan fingerprint density at radius 3 is 2.25 bits per heavy atom. The minimum atomic E-state index is -1.26. The highest BCUT2D eigenvalue weighted by molar-refractivity contribution is 5.38. The summed E-state index contributed by atoms with van der Waals surface area (Å²) in [6.45, 7) is 0. The zero-order valence-electron chi connectivity index (χ0n) is 11.1. The van der Waals surface area contributed by atoms with Crippen LogP contribution in [0.2, 0.25) is 0 Å². The monoisotopic (exact) mass is 274 g/mol. The highest BCUT2D eigenvalue weighted by atomic mass is 19.1. The molecule has 0 spiro atoms. The van der Waals surface area contributed by atoms with Gasteiger partial charge in [-0.2, -0.15) is 0 Å². The smallest absolute Gasteiger partial charge is 0.132 e. The van der Waals surface area contributed by atoms with Crippen molar-refractivity contribution in [1.29, 1.82) is 0 Å². The molecular weight excluding hydrogens is 258 g/mol. The summed E-state index contributed by atoms with van der Waals surface area (Å²) in [6.07, 6.45) is 3.05. The van der Waals surface area contributed by atoms with Gasteiger partial charge in [0.1, 0.15) is 17.7 Å². The van der Waals surface area contributed by atoms with Crippen molar-refractivity contribution in [2.75, 3.05) is 0 Å². The number of hydrogen-bond donors (Lipinski definition) is 1. The zero-order valence-corrected chi connectivity index (χ0v) is 11.1. The highest BCUT2D eigenvalue weighted by Crippen LogP contribution is 2.30. The summed E-state index contributed by atoms with van der Waals surface area (Å²) in [4.78, 5) is 0. The van der Waals surface area contributed by atoms with Crippen molar-refractivity contribution in [1.82, 2.24) is 0 Å². The minimum Gasteiger partial charge on any atom is -0.383 e. The third-order valence-corrected chi connectivity index (χ3v) is 3.96. The first-order valence-corrected chi connectivity index (χ1v) is 6.90. The number of halogens is 2. The average molecular weight is 274 g/mol. The molecule has 1 atom stereocenters. The lowest BCUT2D eigenvalue weighted by molar-refractivity contribution is 0.209. The molecule has 0 amide bonds. The van der Waals surface area contributed by atoms with Crippen molar-refractivity contribution in [3.8, 4) is 0 Å². The van der Waals surface area contributed by atoms with Crippen LogP contribution >= 0.6 is 0 Å². The molecule has 1 aliphatic carbocycles. The van der Waals surface area contributed by atoms with Gasteiger partial charge in [-0.15, -0.1) is 0 Å². The van der Waals surface area contributed by atoms with Gasteiger partial charge in [-0.25, -0.2) is 8.78 Å². The van der Waals surface area contributed by atoms with E-state index in [0.29, 0.717) is 5.56 Å². The molecular formula is C17H16F2O. The first kappa shape index (κ1) is 13.3. The van der Waals surface area contributed by atoms with Gasteiger partial charge in [-0.3, -0.25) is 0 Å². The van der Waals surface area contributed by atoms with Crippen LogP contribution < -0.4 is 0 Å². The third kappa shape index (κ3) is 2.34. The number of aryl methyl sites for hydroxylation is 2. The van der Waals surface area contributed by atoms with Crippen LogP contribution in [0.3, 0.4) is 0 Å². The molecule has 20 heavy (non-hydrogen) atoms. The molecule has 0 fully saturated rings. The van der Waals surface area contributed by atoms with Gasteiger partial charge >= 0.3 is 0 Å². The second-order valence-corrected chi connectivity index (χ2v) is 5.27. The van der Waals surface area contributed by atoms with Crippen LogP contribution in [0, 0.1) is 11.6 Å². The van der Waals surface area contributed by atoms with Gasteiger partial charge in [0.05, 0.1) is 5.56 Å². The topological polar surface area (TPSA) is 20.2 Å². The molecule has 0 radical (unpaired) electrons. The fourth-order valence-corrected chi connectivity index (χ4v) is 2.86. The van der Waals surface area contributed by atoms with Gasteiger partial charge in [-0.1, -0.05) is 24.3 Å². The van der Waals surface area contributed by atoms with Gasteiger partial charge in [0.15, 0.2) is 0 Å². The number of aliphatic hydroxyl groups is 1. The Hall–Kier alpha value is -1.74. The van der Waals surface area contributed by atoms with E-state index in [1.165, 1.54) is 35.7 Å². The maximum absolute atomic E-state index is 13.7. The summed E-state index contributed by atoms with van der Waals surface area (Å²) in [5.74, 6) is -1.43. The van der Waals surface area contributed by atoms with E-state index in [1.807, 2.05) is 12.1 Å². The second kappa shape index (κ2) is 5.33. The Labute approximate surface area is 116 Å². The SMILES string of the molecule is OC(c1ccc2c(c1)CCCC2)c1c(F)cccc1F. The molecule has 1 aliphatic rings. The van der Waals surface area contributed by atoms with Crippen molar-refractivity contribution in [2.45, 2.75) is 31.8 Å². The summed E-state index contributed by atoms with van der Waals surface area (Å²) in [5, 5.41) is 10.3. The van der Waals surface area contributed by atoms with Crippen LogP contribution in [-0.4, -0.2) is 5.11 Å². The van der Waals surface area contributed by atoms with E-state index in [4.69, 9.17) is 0 Å². The average Bonchev–Trinajstić information content (AvgIpc) is 2.46. The summed E-state index contributed by atoms with van der Waals surface area (Å²) in [6, 6.07) is 9.24. The molecule has 3 rings (SSSR count). The molecule has 3 heteroatoms. The maximum Gasteiger partial charge on any atom is 0.132 e. The van der Waals surface area contributed by atoms with Crippen LogP contribution in [0.5, 0.6) is 0 Å². The third-order valence-electron chi connectivity index (χ3n) is 3.96. The first-order valence-electron chi connectivity index (χ1n) is 6.90. The lowest BCUT2D eigenvalue weighted by Gasteiger charge is -2.19. The normalized spacial score (nSPS) is 15.8. The van der Waals surface area contributed by atoms with Gasteiger partial charge < -0.3 is 5.11 Å². The molecule has 0 saturated heterocycles. The van der Waals surface area contributed by atoms with Crippen molar-refractivity contribution < 1.29 is 13.9 Å². The molecule has 0 aliphatic heterocycles. The van der Waals surface area contributed by atoms with Gasteiger partial charge in [-0.05, 0) is 54.5 Å². The second-order valence-electron chi connectivity index (χ2n) is 5.27. The van der Waals surface area contributed by atoms with Crippen molar-refractivity contribution in [3.63, 3.8) is 0 Å². The van der Waals surface area contributed by atoms with Gasteiger partial charge in [0.2, 0.25) is 0 Å². The Kier molecular flexibility index (Phi) is 3.53. The number of hydrogen-bond acceptors (Lipinski definition) is 1. The quantitative estimate of drug-likeness (QED) is 0.880. The fraction of sp³-hybridized carbons (Fsp3) is 0.294. The minimum absolute atomic E-state index is 0.275. The fourth-order valence-electron chi connectivity index (χ4n) is 2.86. The number of benzene rings is 2. The van der Waals surface area contributed by atoms with E-state index >= 15 is 0 Å². The molecule has 1 unspecified atom stereocenters. The molecule has 0 aromatic heterocycles. The Morgan fingerprint density at radius 2 is 1.55 bits per heavy atom. The molecule has 0 heterocycles. The lowest BCUT2D eigenvalue weighted by Crippen LogP contribution is -2.08. The van der Waals surface area contributed by atoms with Gasteiger partial charge in [0.25, 0.3) is 0 Å². The van der Waals surface area contributed by atoms with Crippen LogP contribution in [0.15, 0.2) is 36.4 Å². The van der Waals surface area contributed by atoms with Crippen LogP contribution in [0.4, 0.5) is 8.78 Å². The predicted octanol–water partition coefficient (Wildman–Crippen LogP) is 3.93. The number of aliphatic hydroxyl groups excluding tert-OH is 1. The molecule has 2 aromatic rings. The van der Waals surface area contributed by atoms with Crippen LogP contribution in [0.25, 0.3) is 0 Å². The number of fused-ring (bicyclic) bond motifs is 1. The first-order chi connectivity index (χ1) is 9.66. The molecule has 1 nitrogen and oxygen atoms in total. The Morgan fingerprint density at radius 1 is 0.900 bits per heavy atom. The molecule has 0 bridgehead atoms. The highest BCUT2D eigenvalue weighted by Gasteiger charge is 2.20. The summed E-state index contributed by atoms with van der Waals surface area (Å²) >= 11 is 0. The van der Waals surface area contributed by atoms with E-state index in [9.17, 15) is 13.9 Å². The summed E-state index contributed by atoms with van der Waals surface area (Å²) in [5.41, 5.74) is 2.74. The maximum atomic E-state index is 13.7. The molecule has 1 N–H and O–H groups in total. The van der Waals surface area contributed by atoms with Crippen molar-refractivity contribution in [3.05, 3.63) is 70.3 Å². The Balaban J connectivity index is 2.00. The van der Waals surface area contributed by atoms with Crippen LogP contribution in [-0.2, 0) is 12.8 Å². The largest absolute Gasteiger partial charge is 0.383 e. The summed E-state index contributed by atoms with van der Waals surface area (Å²) in [7, 11) is 0. The Bertz CT molecular complexity index is 617. The predicted molar refractivity (Wildman–Crippen MR) is 73.5 cm³/mol. The molecule has 104 valence electrons. The van der Waals surface area contributed by atoms with E-state index < -0.39 is 17.7 Å². The van der Waals surface area contributed by atoms with E-state index in [0.717, 1.165) is 19.3 Å².